The van der Waals surface area contributed by atoms with Crippen LogP contribution in [0.2, 0.25) is 5.02 Å². The van der Waals surface area contributed by atoms with Crippen molar-refractivity contribution in [3.63, 3.8) is 0 Å². The van der Waals surface area contributed by atoms with E-state index in [0.29, 0.717) is 6.54 Å². The van der Waals surface area contributed by atoms with E-state index in [-0.39, 0.29) is 6.04 Å². The largest absolute Gasteiger partial charge is 0.351 e. The van der Waals surface area contributed by atoms with Crippen LogP contribution in [0.5, 0.6) is 0 Å². The SMILES string of the molecule is Cc1nnc(N(C)C(C)c2ccccc2Cl)c(CN)c1C. The fraction of sp³-hybridized carbons (Fsp3) is 0.375. The van der Waals surface area contributed by atoms with E-state index in [0.717, 1.165) is 33.2 Å². The monoisotopic (exact) mass is 304 g/mol. The zero-order chi connectivity index (χ0) is 15.6. The van der Waals surface area contributed by atoms with Crippen molar-refractivity contribution >= 4 is 17.4 Å². The van der Waals surface area contributed by atoms with Gasteiger partial charge in [0.2, 0.25) is 0 Å². The van der Waals surface area contributed by atoms with Crippen molar-refractivity contribution in [3.05, 3.63) is 51.7 Å². The van der Waals surface area contributed by atoms with E-state index in [2.05, 4.69) is 22.0 Å². The Morgan fingerprint density at radius 1 is 1.24 bits per heavy atom. The third-order valence-corrected chi connectivity index (χ3v) is 4.38. The van der Waals surface area contributed by atoms with Crippen LogP contribution in [-0.4, -0.2) is 17.2 Å². The first-order chi connectivity index (χ1) is 9.97. The minimum Gasteiger partial charge on any atom is -0.351 e. The van der Waals surface area contributed by atoms with E-state index in [1.165, 1.54) is 0 Å². The summed E-state index contributed by atoms with van der Waals surface area (Å²) in [6.07, 6.45) is 0. The lowest BCUT2D eigenvalue weighted by Crippen LogP contribution is -2.26. The molecule has 1 aromatic carbocycles. The molecule has 0 saturated heterocycles. The van der Waals surface area contributed by atoms with Gasteiger partial charge in [0.15, 0.2) is 5.82 Å². The first kappa shape index (κ1) is 15.7. The summed E-state index contributed by atoms with van der Waals surface area (Å²) in [5, 5.41) is 9.32. The molecule has 1 heterocycles. The highest BCUT2D eigenvalue weighted by atomic mass is 35.5. The third kappa shape index (κ3) is 3.01. The van der Waals surface area contributed by atoms with Gasteiger partial charge in [0.1, 0.15) is 0 Å². The molecule has 0 fully saturated rings. The van der Waals surface area contributed by atoms with Crippen LogP contribution in [0.3, 0.4) is 0 Å². The van der Waals surface area contributed by atoms with Gasteiger partial charge in [0.05, 0.1) is 11.7 Å². The lowest BCUT2D eigenvalue weighted by molar-refractivity contribution is 0.709. The molecule has 0 aliphatic heterocycles. The van der Waals surface area contributed by atoms with E-state index in [1.807, 2.05) is 45.2 Å². The van der Waals surface area contributed by atoms with Crippen LogP contribution in [0.4, 0.5) is 5.82 Å². The van der Waals surface area contributed by atoms with Gasteiger partial charge in [0, 0.05) is 24.2 Å². The van der Waals surface area contributed by atoms with E-state index in [9.17, 15) is 0 Å². The zero-order valence-corrected chi connectivity index (χ0v) is 13.6. The summed E-state index contributed by atoms with van der Waals surface area (Å²) in [5.74, 6) is 0.813. The van der Waals surface area contributed by atoms with E-state index in [4.69, 9.17) is 17.3 Å². The van der Waals surface area contributed by atoms with Crippen LogP contribution >= 0.6 is 11.6 Å². The van der Waals surface area contributed by atoms with Gasteiger partial charge in [-0.15, -0.1) is 5.10 Å². The molecule has 5 heteroatoms. The molecule has 0 spiro atoms. The molecule has 0 saturated carbocycles. The maximum absolute atomic E-state index is 6.29. The smallest absolute Gasteiger partial charge is 0.156 e. The molecule has 21 heavy (non-hydrogen) atoms. The molecule has 4 nitrogen and oxygen atoms in total. The van der Waals surface area contributed by atoms with Gasteiger partial charge in [-0.3, -0.25) is 0 Å². The second kappa shape index (κ2) is 6.41. The van der Waals surface area contributed by atoms with E-state index in [1.54, 1.807) is 0 Å². The van der Waals surface area contributed by atoms with Crippen molar-refractivity contribution in [2.45, 2.75) is 33.4 Å². The number of hydrogen-bond acceptors (Lipinski definition) is 4. The van der Waals surface area contributed by atoms with E-state index < -0.39 is 0 Å². The van der Waals surface area contributed by atoms with Gasteiger partial charge in [0.25, 0.3) is 0 Å². The molecule has 2 aromatic rings. The average molecular weight is 305 g/mol. The van der Waals surface area contributed by atoms with Crippen LogP contribution in [0.25, 0.3) is 0 Å². The Labute approximate surface area is 130 Å². The Bertz CT molecular complexity index is 642. The molecule has 0 radical (unpaired) electrons. The maximum Gasteiger partial charge on any atom is 0.156 e. The predicted octanol–water partition coefficient (Wildman–Crippen LogP) is 3.40. The molecule has 0 aliphatic carbocycles. The summed E-state index contributed by atoms with van der Waals surface area (Å²) < 4.78 is 0. The zero-order valence-electron chi connectivity index (χ0n) is 12.9. The fourth-order valence-electron chi connectivity index (χ4n) is 2.38. The fourth-order valence-corrected chi connectivity index (χ4v) is 2.67. The summed E-state index contributed by atoms with van der Waals surface area (Å²) in [4.78, 5) is 2.07. The molecule has 0 bridgehead atoms. The topological polar surface area (TPSA) is 55.0 Å². The lowest BCUT2D eigenvalue weighted by atomic mass is 10.0. The first-order valence-electron chi connectivity index (χ1n) is 6.97. The number of rotatable bonds is 4. The lowest BCUT2D eigenvalue weighted by Gasteiger charge is -2.29. The summed E-state index contributed by atoms with van der Waals surface area (Å²) in [5.41, 5.74) is 10.0. The van der Waals surface area contributed by atoms with Gasteiger partial charge in [-0.2, -0.15) is 5.10 Å². The number of aryl methyl sites for hydroxylation is 1. The van der Waals surface area contributed by atoms with Crippen LogP contribution < -0.4 is 10.6 Å². The maximum atomic E-state index is 6.29. The minimum absolute atomic E-state index is 0.0837. The Balaban J connectivity index is 2.43. The molecule has 1 unspecified atom stereocenters. The normalized spacial score (nSPS) is 12.3. The minimum atomic E-state index is 0.0837. The highest BCUT2D eigenvalue weighted by Gasteiger charge is 2.20. The van der Waals surface area contributed by atoms with Gasteiger partial charge in [-0.05, 0) is 38.0 Å². The molecular weight excluding hydrogens is 284 g/mol. The van der Waals surface area contributed by atoms with Gasteiger partial charge in [-0.25, -0.2) is 0 Å². The standard InChI is InChI=1S/C16H21ClN4/c1-10-11(2)19-20-16(14(10)9-18)21(4)12(3)13-7-5-6-8-15(13)17/h5-8,12H,9,18H2,1-4H3. The van der Waals surface area contributed by atoms with Crippen molar-refractivity contribution < 1.29 is 0 Å². The van der Waals surface area contributed by atoms with Crippen LogP contribution in [0, 0.1) is 13.8 Å². The number of nitrogens with two attached hydrogens (primary N) is 1. The molecule has 1 atom stereocenters. The highest BCUT2D eigenvalue weighted by Crippen LogP contribution is 2.31. The molecule has 2 rings (SSSR count). The van der Waals surface area contributed by atoms with Crippen molar-refractivity contribution in [3.8, 4) is 0 Å². The average Bonchev–Trinajstić information content (AvgIpc) is 2.49. The summed E-state index contributed by atoms with van der Waals surface area (Å²) in [7, 11) is 1.99. The molecule has 0 amide bonds. The number of anilines is 1. The Kier molecular flexibility index (Phi) is 4.80. The quantitative estimate of drug-likeness (QED) is 0.940. The number of halogens is 1. The van der Waals surface area contributed by atoms with Crippen molar-refractivity contribution in [1.29, 1.82) is 0 Å². The summed E-state index contributed by atoms with van der Waals surface area (Å²) in [6, 6.07) is 7.93. The van der Waals surface area contributed by atoms with Crippen LogP contribution in [0.15, 0.2) is 24.3 Å². The second-order valence-corrected chi connectivity index (χ2v) is 5.63. The van der Waals surface area contributed by atoms with Crippen molar-refractivity contribution in [2.24, 2.45) is 5.73 Å². The van der Waals surface area contributed by atoms with E-state index >= 15 is 0 Å². The first-order valence-corrected chi connectivity index (χ1v) is 7.35. The molecule has 2 N–H and O–H groups in total. The summed E-state index contributed by atoms with van der Waals surface area (Å²) in [6.45, 7) is 6.52. The number of hydrogen-bond donors (Lipinski definition) is 1. The van der Waals surface area contributed by atoms with Crippen LogP contribution in [0.1, 0.15) is 35.3 Å². The van der Waals surface area contributed by atoms with Gasteiger partial charge < -0.3 is 10.6 Å². The van der Waals surface area contributed by atoms with Crippen molar-refractivity contribution in [1.82, 2.24) is 10.2 Å². The second-order valence-electron chi connectivity index (χ2n) is 5.23. The Morgan fingerprint density at radius 3 is 2.52 bits per heavy atom. The van der Waals surface area contributed by atoms with Crippen LogP contribution in [-0.2, 0) is 6.54 Å². The molecule has 0 aliphatic rings. The number of benzene rings is 1. The third-order valence-electron chi connectivity index (χ3n) is 4.03. The predicted molar refractivity (Wildman–Crippen MR) is 87.7 cm³/mol. The van der Waals surface area contributed by atoms with Gasteiger partial charge >= 0.3 is 0 Å². The highest BCUT2D eigenvalue weighted by molar-refractivity contribution is 6.31. The Hall–Kier alpha value is -1.65. The molecular formula is C16H21ClN4. The Morgan fingerprint density at radius 2 is 1.90 bits per heavy atom. The number of aromatic nitrogens is 2. The van der Waals surface area contributed by atoms with Crippen molar-refractivity contribution in [2.75, 3.05) is 11.9 Å². The molecule has 112 valence electrons. The van der Waals surface area contributed by atoms with Gasteiger partial charge in [-0.1, -0.05) is 29.8 Å². The number of nitrogens with zero attached hydrogens (tertiary/aromatic N) is 3. The molecule has 1 aromatic heterocycles. The summed E-state index contributed by atoms with van der Waals surface area (Å²) >= 11 is 6.29.